The molecule has 0 saturated carbocycles. The Labute approximate surface area is 84.4 Å². The van der Waals surface area contributed by atoms with Gasteiger partial charge in [-0.15, -0.1) is 0 Å². The van der Waals surface area contributed by atoms with Gasteiger partial charge in [0.1, 0.15) is 0 Å². The minimum atomic E-state index is 1.17. The molecule has 72 valence electrons. The Morgan fingerprint density at radius 1 is 1.29 bits per heavy atom. The molecule has 0 atom stereocenters. The molecule has 1 aromatic carbocycles. The number of aromatic nitrogens is 1. The van der Waals surface area contributed by atoms with Crippen molar-refractivity contribution in [1.82, 2.24) is 4.57 Å². The average Bonchev–Trinajstić information content (AvgIpc) is 2.77. The molecule has 14 heavy (non-hydrogen) atoms. The van der Waals surface area contributed by atoms with Crippen molar-refractivity contribution in [1.29, 1.82) is 0 Å². The number of benzene rings is 1. The van der Waals surface area contributed by atoms with Gasteiger partial charge in [-0.25, -0.2) is 0 Å². The molecule has 0 saturated heterocycles. The first kappa shape index (κ1) is 8.10. The van der Waals surface area contributed by atoms with Gasteiger partial charge in [0.05, 0.1) is 0 Å². The Balaban J connectivity index is 2.43. The fourth-order valence-corrected chi connectivity index (χ4v) is 2.77. The fraction of sp³-hybridized carbons (Fsp3) is 0.385. The molecule has 0 bridgehead atoms. The van der Waals surface area contributed by atoms with E-state index in [-0.39, 0.29) is 0 Å². The molecule has 0 aliphatic carbocycles. The summed E-state index contributed by atoms with van der Waals surface area (Å²) in [6, 6.07) is 8.81. The van der Waals surface area contributed by atoms with Crippen molar-refractivity contribution < 1.29 is 0 Å². The Kier molecular flexibility index (Phi) is 1.66. The number of fused-ring (bicyclic) bond motifs is 3. The van der Waals surface area contributed by atoms with Crippen molar-refractivity contribution in [2.45, 2.75) is 32.7 Å². The SMILES string of the molecule is CCc1c2n(c3ccccc13)CCC2. The summed E-state index contributed by atoms with van der Waals surface area (Å²) in [6.07, 6.45) is 3.77. The second kappa shape index (κ2) is 2.88. The van der Waals surface area contributed by atoms with E-state index in [0.717, 1.165) is 0 Å². The molecule has 0 fully saturated rings. The zero-order chi connectivity index (χ0) is 9.54. The van der Waals surface area contributed by atoms with E-state index >= 15 is 0 Å². The molecule has 0 unspecified atom stereocenters. The lowest BCUT2D eigenvalue weighted by Gasteiger charge is -1.98. The number of para-hydroxylation sites is 1. The molecule has 0 amide bonds. The predicted octanol–water partition coefficient (Wildman–Crippen LogP) is 3.15. The predicted molar refractivity (Wildman–Crippen MR) is 59.6 cm³/mol. The molecule has 1 aliphatic rings. The van der Waals surface area contributed by atoms with E-state index in [1.54, 1.807) is 11.3 Å². The van der Waals surface area contributed by atoms with Crippen molar-refractivity contribution in [3.63, 3.8) is 0 Å². The Morgan fingerprint density at radius 2 is 2.14 bits per heavy atom. The van der Waals surface area contributed by atoms with Gasteiger partial charge in [0.25, 0.3) is 0 Å². The second-order valence-electron chi connectivity index (χ2n) is 4.05. The van der Waals surface area contributed by atoms with E-state index in [1.807, 2.05) is 0 Å². The van der Waals surface area contributed by atoms with Crippen LogP contribution in [-0.2, 0) is 19.4 Å². The molecular weight excluding hydrogens is 170 g/mol. The normalized spacial score (nSPS) is 14.9. The first-order chi connectivity index (χ1) is 6.92. The van der Waals surface area contributed by atoms with Crippen molar-refractivity contribution in [2.24, 2.45) is 0 Å². The molecule has 1 nitrogen and oxygen atoms in total. The quantitative estimate of drug-likeness (QED) is 0.643. The van der Waals surface area contributed by atoms with Crippen LogP contribution in [-0.4, -0.2) is 4.57 Å². The maximum absolute atomic E-state index is 2.51. The van der Waals surface area contributed by atoms with Crippen LogP contribution in [0.5, 0.6) is 0 Å². The van der Waals surface area contributed by atoms with Gasteiger partial charge in [-0.2, -0.15) is 0 Å². The van der Waals surface area contributed by atoms with Crippen LogP contribution in [0.3, 0.4) is 0 Å². The third-order valence-corrected chi connectivity index (χ3v) is 3.34. The highest BCUT2D eigenvalue weighted by Gasteiger charge is 2.18. The molecule has 2 aromatic rings. The summed E-state index contributed by atoms with van der Waals surface area (Å²) >= 11 is 0. The van der Waals surface area contributed by atoms with Gasteiger partial charge in [-0.05, 0) is 30.9 Å². The summed E-state index contributed by atoms with van der Waals surface area (Å²) in [6.45, 7) is 3.48. The summed E-state index contributed by atoms with van der Waals surface area (Å²) in [4.78, 5) is 0. The summed E-state index contributed by atoms with van der Waals surface area (Å²) in [5.74, 6) is 0. The molecule has 0 N–H and O–H groups in total. The van der Waals surface area contributed by atoms with Crippen LogP contribution in [0.15, 0.2) is 24.3 Å². The van der Waals surface area contributed by atoms with Gasteiger partial charge in [0.15, 0.2) is 0 Å². The first-order valence-corrected chi connectivity index (χ1v) is 5.51. The number of nitrogens with zero attached hydrogens (tertiary/aromatic N) is 1. The zero-order valence-electron chi connectivity index (χ0n) is 8.59. The van der Waals surface area contributed by atoms with Gasteiger partial charge < -0.3 is 4.57 Å². The summed E-state index contributed by atoms with van der Waals surface area (Å²) in [5, 5.41) is 1.48. The van der Waals surface area contributed by atoms with Gasteiger partial charge in [-0.3, -0.25) is 0 Å². The maximum atomic E-state index is 2.51. The third kappa shape index (κ3) is 0.899. The van der Waals surface area contributed by atoms with E-state index < -0.39 is 0 Å². The van der Waals surface area contributed by atoms with Crippen LogP contribution in [0.25, 0.3) is 10.9 Å². The topological polar surface area (TPSA) is 4.93 Å². The fourth-order valence-electron chi connectivity index (χ4n) is 2.77. The van der Waals surface area contributed by atoms with E-state index in [0.29, 0.717) is 0 Å². The van der Waals surface area contributed by atoms with E-state index in [2.05, 4.69) is 35.8 Å². The molecule has 3 rings (SSSR count). The van der Waals surface area contributed by atoms with Crippen LogP contribution >= 0.6 is 0 Å². The number of hydrogen-bond donors (Lipinski definition) is 0. The number of hydrogen-bond acceptors (Lipinski definition) is 0. The molecule has 1 heteroatoms. The van der Waals surface area contributed by atoms with Crippen LogP contribution in [0.2, 0.25) is 0 Å². The van der Waals surface area contributed by atoms with Crippen LogP contribution < -0.4 is 0 Å². The molecular formula is C13H15N. The van der Waals surface area contributed by atoms with Crippen LogP contribution in [0.1, 0.15) is 24.6 Å². The van der Waals surface area contributed by atoms with Crippen molar-refractivity contribution in [3.05, 3.63) is 35.5 Å². The lowest BCUT2D eigenvalue weighted by Crippen LogP contribution is -1.91. The molecule has 1 aromatic heterocycles. The highest BCUT2D eigenvalue weighted by atomic mass is 15.0. The lowest BCUT2D eigenvalue weighted by atomic mass is 10.1. The summed E-state index contributed by atoms with van der Waals surface area (Å²) in [7, 11) is 0. The maximum Gasteiger partial charge on any atom is 0.0485 e. The highest BCUT2D eigenvalue weighted by Crippen LogP contribution is 2.31. The molecule has 0 spiro atoms. The van der Waals surface area contributed by atoms with Gasteiger partial charge in [-0.1, -0.05) is 25.1 Å². The monoisotopic (exact) mass is 185 g/mol. The zero-order valence-corrected chi connectivity index (χ0v) is 8.59. The van der Waals surface area contributed by atoms with E-state index in [4.69, 9.17) is 0 Å². The first-order valence-electron chi connectivity index (χ1n) is 5.51. The molecule has 2 heterocycles. The minimum Gasteiger partial charge on any atom is -0.344 e. The van der Waals surface area contributed by atoms with Gasteiger partial charge in [0.2, 0.25) is 0 Å². The second-order valence-corrected chi connectivity index (χ2v) is 4.05. The van der Waals surface area contributed by atoms with Gasteiger partial charge in [0, 0.05) is 23.1 Å². The summed E-state index contributed by atoms with van der Waals surface area (Å²) in [5.41, 5.74) is 4.61. The average molecular weight is 185 g/mol. The van der Waals surface area contributed by atoms with Crippen LogP contribution in [0.4, 0.5) is 0 Å². The number of rotatable bonds is 1. The third-order valence-electron chi connectivity index (χ3n) is 3.34. The largest absolute Gasteiger partial charge is 0.344 e. The standard InChI is InChI=1S/C13H15N/c1-2-10-11-6-3-4-7-13(11)14-9-5-8-12(10)14/h3-4,6-7H,2,5,8-9H2,1H3. The Morgan fingerprint density at radius 3 is 3.00 bits per heavy atom. The Hall–Kier alpha value is -1.24. The number of aryl methyl sites for hydroxylation is 2. The Bertz CT molecular complexity index is 464. The van der Waals surface area contributed by atoms with Crippen LogP contribution in [0, 0.1) is 0 Å². The molecule has 1 aliphatic heterocycles. The van der Waals surface area contributed by atoms with E-state index in [1.165, 1.54) is 36.7 Å². The molecule has 0 radical (unpaired) electrons. The van der Waals surface area contributed by atoms with Crippen molar-refractivity contribution >= 4 is 10.9 Å². The minimum absolute atomic E-state index is 1.17. The smallest absolute Gasteiger partial charge is 0.0485 e. The van der Waals surface area contributed by atoms with Crippen molar-refractivity contribution in [2.75, 3.05) is 0 Å². The van der Waals surface area contributed by atoms with Crippen molar-refractivity contribution in [3.8, 4) is 0 Å². The summed E-state index contributed by atoms with van der Waals surface area (Å²) < 4.78 is 2.51. The van der Waals surface area contributed by atoms with Gasteiger partial charge >= 0.3 is 0 Å². The lowest BCUT2D eigenvalue weighted by molar-refractivity contribution is 0.772. The highest BCUT2D eigenvalue weighted by molar-refractivity contribution is 5.85. The van der Waals surface area contributed by atoms with E-state index in [9.17, 15) is 0 Å².